The molecule has 0 radical (unpaired) electrons. The number of carbonyl (C=O) groups excluding carboxylic acids is 1. The van der Waals surface area contributed by atoms with Gasteiger partial charge in [0.2, 0.25) is 0 Å². The Kier molecular flexibility index (Phi) is 3.91. The fourth-order valence-corrected chi connectivity index (χ4v) is 1.91. The lowest BCUT2D eigenvalue weighted by Crippen LogP contribution is -2.33. The van der Waals surface area contributed by atoms with Crippen molar-refractivity contribution in [3.8, 4) is 5.06 Å². The van der Waals surface area contributed by atoms with Gasteiger partial charge < -0.3 is 15.2 Å². The number of hydrogen-bond acceptors (Lipinski definition) is 5. The Hall–Kier alpha value is -1.07. The molecule has 0 aliphatic rings. The molecule has 0 amide bonds. The van der Waals surface area contributed by atoms with E-state index in [4.69, 9.17) is 10.5 Å². The first kappa shape index (κ1) is 11.0. The van der Waals surface area contributed by atoms with Gasteiger partial charge in [-0.15, -0.1) is 11.3 Å². The first-order valence-electron chi connectivity index (χ1n) is 4.13. The molecule has 5 heteroatoms. The van der Waals surface area contributed by atoms with Gasteiger partial charge in [0.25, 0.3) is 0 Å². The number of methoxy groups -OCH3 is 2. The monoisotopic (exact) mass is 215 g/mol. The lowest BCUT2D eigenvalue weighted by Gasteiger charge is -2.06. The summed E-state index contributed by atoms with van der Waals surface area (Å²) in [5.41, 5.74) is 5.60. The standard InChI is InChI=1S/C9H13NO3S/c1-12-8-4-3-6(14-8)5-7(10)9(11)13-2/h3-4,7H,5,10H2,1-2H3. The van der Waals surface area contributed by atoms with Gasteiger partial charge in [0.05, 0.1) is 14.2 Å². The van der Waals surface area contributed by atoms with Crippen LogP contribution >= 0.6 is 11.3 Å². The van der Waals surface area contributed by atoms with E-state index in [0.29, 0.717) is 6.42 Å². The SMILES string of the molecule is COC(=O)C(N)Cc1ccc(OC)s1. The number of rotatable bonds is 4. The van der Waals surface area contributed by atoms with Crippen molar-refractivity contribution in [3.63, 3.8) is 0 Å². The zero-order chi connectivity index (χ0) is 10.6. The molecule has 4 nitrogen and oxygen atoms in total. The van der Waals surface area contributed by atoms with E-state index >= 15 is 0 Å². The van der Waals surface area contributed by atoms with Crippen LogP contribution in [0.4, 0.5) is 0 Å². The van der Waals surface area contributed by atoms with E-state index in [2.05, 4.69) is 4.74 Å². The summed E-state index contributed by atoms with van der Waals surface area (Å²) in [7, 11) is 2.94. The van der Waals surface area contributed by atoms with E-state index in [0.717, 1.165) is 9.94 Å². The van der Waals surface area contributed by atoms with E-state index in [1.807, 2.05) is 12.1 Å². The van der Waals surface area contributed by atoms with Crippen LogP contribution in [0.3, 0.4) is 0 Å². The number of carbonyl (C=O) groups is 1. The average molecular weight is 215 g/mol. The summed E-state index contributed by atoms with van der Waals surface area (Å²) >= 11 is 1.48. The molecule has 0 aliphatic heterocycles. The van der Waals surface area contributed by atoms with Crippen LogP contribution in [0.2, 0.25) is 0 Å². The van der Waals surface area contributed by atoms with Gasteiger partial charge in [0.15, 0.2) is 5.06 Å². The Balaban J connectivity index is 2.55. The highest BCUT2D eigenvalue weighted by molar-refractivity contribution is 7.13. The normalized spacial score (nSPS) is 12.2. The highest BCUT2D eigenvalue weighted by Gasteiger charge is 2.15. The number of esters is 1. The third kappa shape index (κ3) is 2.71. The lowest BCUT2D eigenvalue weighted by molar-refractivity contribution is -0.142. The van der Waals surface area contributed by atoms with Crippen molar-refractivity contribution in [1.82, 2.24) is 0 Å². The van der Waals surface area contributed by atoms with Crippen molar-refractivity contribution in [2.75, 3.05) is 14.2 Å². The third-order valence-electron chi connectivity index (χ3n) is 1.76. The Morgan fingerprint density at radius 2 is 2.29 bits per heavy atom. The van der Waals surface area contributed by atoms with Crippen LogP contribution in [0.25, 0.3) is 0 Å². The van der Waals surface area contributed by atoms with E-state index in [9.17, 15) is 4.79 Å². The summed E-state index contributed by atoms with van der Waals surface area (Å²) < 4.78 is 9.55. The molecule has 2 N–H and O–H groups in total. The molecule has 0 bridgehead atoms. The smallest absolute Gasteiger partial charge is 0.323 e. The fourth-order valence-electron chi connectivity index (χ4n) is 1.03. The van der Waals surface area contributed by atoms with Gasteiger partial charge in [-0.3, -0.25) is 4.79 Å². The molecule has 0 aromatic carbocycles. The molecule has 0 aliphatic carbocycles. The van der Waals surface area contributed by atoms with Crippen molar-refractivity contribution in [2.24, 2.45) is 5.73 Å². The van der Waals surface area contributed by atoms with Crippen molar-refractivity contribution < 1.29 is 14.3 Å². The van der Waals surface area contributed by atoms with Crippen molar-refractivity contribution in [2.45, 2.75) is 12.5 Å². The maximum atomic E-state index is 11.0. The molecule has 1 aromatic heterocycles. The highest BCUT2D eigenvalue weighted by atomic mass is 32.1. The number of hydrogen-bond donors (Lipinski definition) is 1. The van der Waals surface area contributed by atoms with Crippen LogP contribution in [0.1, 0.15) is 4.88 Å². The van der Waals surface area contributed by atoms with E-state index in [-0.39, 0.29) is 0 Å². The molecule has 1 rings (SSSR count). The van der Waals surface area contributed by atoms with Gasteiger partial charge in [0.1, 0.15) is 6.04 Å². The summed E-state index contributed by atoms with van der Waals surface area (Å²) in [6, 6.07) is 3.15. The van der Waals surface area contributed by atoms with Crippen molar-refractivity contribution in [3.05, 3.63) is 17.0 Å². The summed E-state index contributed by atoms with van der Waals surface area (Å²) in [5.74, 6) is -0.391. The maximum Gasteiger partial charge on any atom is 0.323 e. The van der Waals surface area contributed by atoms with Crippen molar-refractivity contribution in [1.29, 1.82) is 0 Å². The summed E-state index contributed by atoms with van der Waals surface area (Å²) in [6.45, 7) is 0. The predicted molar refractivity (Wildman–Crippen MR) is 54.6 cm³/mol. The molecule has 0 fully saturated rings. The Morgan fingerprint density at radius 1 is 1.57 bits per heavy atom. The first-order valence-corrected chi connectivity index (χ1v) is 4.95. The number of thiophene rings is 1. The molecular formula is C9H13NO3S. The third-order valence-corrected chi connectivity index (χ3v) is 2.83. The molecule has 1 atom stereocenters. The Morgan fingerprint density at radius 3 is 2.79 bits per heavy atom. The zero-order valence-electron chi connectivity index (χ0n) is 8.15. The van der Waals surface area contributed by atoms with E-state index < -0.39 is 12.0 Å². The second-order valence-electron chi connectivity index (χ2n) is 2.76. The molecule has 78 valence electrons. The van der Waals surface area contributed by atoms with E-state index in [1.165, 1.54) is 18.4 Å². The highest BCUT2D eigenvalue weighted by Crippen LogP contribution is 2.24. The molecule has 1 aromatic rings. The zero-order valence-corrected chi connectivity index (χ0v) is 8.97. The van der Waals surface area contributed by atoms with Gasteiger partial charge in [-0.2, -0.15) is 0 Å². The quantitative estimate of drug-likeness (QED) is 0.755. The minimum atomic E-state index is -0.594. The number of ether oxygens (including phenoxy) is 2. The molecule has 0 saturated heterocycles. The van der Waals surface area contributed by atoms with Crippen LogP contribution in [0.15, 0.2) is 12.1 Å². The molecule has 0 saturated carbocycles. The predicted octanol–water partition coefficient (Wildman–Crippen LogP) is 0.799. The Labute approximate surface area is 86.6 Å². The van der Waals surface area contributed by atoms with Crippen LogP contribution in [-0.2, 0) is 16.0 Å². The maximum absolute atomic E-state index is 11.0. The molecule has 1 unspecified atom stereocenters. The van der Waals surface area contributed by atoms with Crippen LogP contribution in [0.5, 0.6) is 5.06 Å². The number of nitrogens with two attached hydrogens (primary N) is 1. The topological polar surface area (TPSA) is 61.5 Å². The van der Waals surface area contributed by atoms with Gasteiger partial charge in [-0.1, -0.05) is 0 Å². The van der Waals surface area contributed by atoms with Crippen LogP contribution in [0, 0.1) is 0 Å². The van der Waals surface area contributed by atoms with Crippen LogP contribution < -0.4 is 10.5 Å². The van der Waals surface area contributed by atoms with Gasteiger partial charge in [-0.25, -0.2) is 0 Å². The molecule has 1 heterocycles. The second-order valence-corrected chi connectivity index (χ2v) is 3.89. The second kappa shape index (κ2) is 4.97. The Bertz CT molecular complexity index is 311. The fraction of sp³-hybridized carbons (Fsp3) is 0.444. The molecule has 0 spiro atoms. The summed E-state index contributed by atoms with van der Waals surface area (Å²) in [5, 5.41) is 0.817. The van der Waals surface area contributed by atoms with Gasteiger partial charge >= 0.3 is 5.97 Å². The molecule has 14 heavy (non-hydrogen) atoms. The van der Waals surface area contributed by atoms with Gasteiger partial charge in [-0.05, 0) is 12.1 Å². The van der Waals surface area contributed by atoms with Crippen LogP contribution in [-0.4, -0.2) is 26.2 Å². The minimum absolute atomic E-state index is 0.391. The van der Waals surface area contributed by atoms with E-state index in [1.54, 1.807) is 7.11 Å². The summed E-state index contributed by atoms with van der Waals surface area (Å²) in [6.07, 6.45) is 0.487. The average Bonchev–Trinajstić information content (AvgIpc) is 2.64. The largest absolute Gasteiger partial charge is 0.487 e. The first-order chi connectivity index (χ1) is 6.67. The molecular weight excluding hydrogens is 202 g/mol. The van der Waals surface area contributed by atoms with Gasteiger partial charge in [0, 0.05) is 11.3 Å². The lowest BCUT2D eigenvalue weighted by atomic mass is 10.2. The summed E-state index contributed by atoms with van der Waals surface area (Å²) in [4.78, 5) is 12.0. The van der Waals surface area contributed by atoms with Crippen molar-refractivity contribution >= 4 is 17.3 Å². The minimum Gasteiger partial charge on any atom is -0.487 e.